The summed E-state index contributed by atoms with van der Waals surface area (Å²) in [5, 5.41) is 3.29. The van der Waals surface area contributed by atoms with Crippen molar-refractivity contribution in [2.45, 2.75) is 33.3 Å². The second-order valence-electron chi connectivity index (χ2n) is 9.21. The number of nitrogens with two attached hydrogens (primary N) is 1. The summed E-state index contributed by atoms with van der Waals surface area (Å²) in [6.45, 7) is 7.22. The van der Waals surface area contributed by atoms with Crippen molar-refractivity contribution in [3.8, 4) is 5.75 Å². The molecule has 0 unspecified atom stereocenters. The molecular weight excluding hydrogens is 504 g/mol. The number of carbonyl (C=O) groups excluding carboxylic acids is 2. The highest BCUT2D eigenvalue weighted by Crippen LogP contribution is 2.42. The number of hydrogen-bond donors (Lipinski definition) is 2. The number of nitrogens with zero attached hydrogens (tertiary/aromatic N) is 4. The van der Waals surface area contributed by atoms with Crippen LogP contribution < -0.4 is 20.4 Å². The first-order valence-corrected chi connectivity index (χ1v) is 11.4. The van der Waals surface area contributed by atoms with Gasteiger partial charge in [-0.2, -0.15) is 0 Å². The Balaban J connectivity index is 2.05. The van der Waals surface area contributed by atoms with Gasteiger partial charge >= 0.3 is 11.7 Å². The number of carbonyl (C=O) groups is 2. The number of halogens is 1. The molecular formula is C23H24BrN6O4+. The molecule has 2 amide bonds. The lowest BCUT2D eigenvalue weighted by molar-refractivity contribution is -0.647. The van der Waals surface area contributed by atoms with Crippen molar-refractivity contribution in [1.82, 2.24) is 13.8 Å². The van der Waals surface area contributed by atoms with Crippen LogP contribution in [0.2, 0.25) is 0 Å². The SMILES string of the molecule is COc1ccc2c(c1C)n1c(NC(=O)OC(C)(C)C)c(C(N)=O)c3c(Br)nc4c(c31)n2c[n+]4C. The van der Waals surface area contributed by atoms with Crippen molar-refractivity contribution in [2.24, 2.45) is 12.8 Å². The number of amides is 2. The van der Waals surface area contributed by atoms with E-state index in [1.165, 1.54) is 0 Å². The van der Waals surface area contributed by atoms with E-state index < -0.39 is 17.6 Å². The first-order chi connectivity index (χ1) is 15.9. The summed E-state index contributed by atoms with van der Waals surface area (Å²) in [7, 11) is 3.49. The van der Waals surface area contributed by atoms with Crippen LogP contribution >= 0.6 is 15.9 Å². The highest BCUT2D eigenvalue weighted by Gasteiger charge is 2.34. The van der Waals surface area contributed by atoms with Gasteiger partial charge in [0.2, 0.25) is 5.52 Å². The van der Waals surface area contributed by atoms with Gasteiger partial charge in [-0.05, 0) is 55.8 Å². The van der Waals surface area contributed by atoms with Gasteiger partial charge in [-0.3, -0.25) is 14.5 Å². The highest BCUT2D eigenvalue weighted by molar-refractivity contribution is 9.10. The van der Waals surface area contributed by atoms with E-state index >= 15 is 0 Å². The number of primary amides is 1. The first kappa shape index (κ1) is 22.2. The van der Waals surface area contributed by atoms with Gasteiger partial charge in [0.15, 0.2) is 10.9 Å². The maximum Gasteiger partial charge on any atom is 0.413 e. The number of imidazole rings is 1. The Hall–Kier alpha value is -3.60. The summed E-state index contributed by atoms with van der Waals surface area (Å²) in [6.07, 6.45) is 1.22. The second-order valence-corrected chi connectivity index (χ2v) is 9.96. The van der Waals surface area contributed by atoms with Gasteiger partial charge in [0.1, 0.15) is 28.2 Å². The average molecular weight is 528 g/mol. The Kier molecular flexibility index (Phi) is 4.70. The van der Waals surface area contributed by atoms with E-state index in [2.05, 4.69) is 21.2 Å². The molecule has 0 bridgehead atoms. The quantitative estimate of drug-likeness (QED) is 0.211. The number of rotatable bonds is 3. The van der Waals surface area contributed by atoms with Crippen LogP contribution in [0.1, 0.15) is 36.7 Å². The highest BCUT2D eigenvalue weighted by atomic mass is 79.9. The van der Waals surface area contributed by atoms with Crippen molar-refractivity contribution < 1.29 is 23.6 Å². The van der Waals surface area contributed by atoms with Gasteiger partial charge in [0.05, 0.1) is 30.6 Å². The monoisotopic (exact) mass is 527 g/mol. The van der Waals surface area contributed by atoms with E-state index in [1.807, 2.05) is 45.8 Å². The van der Waals surface area contributed by atoms with Crippen molar-refractivity contribution in [3.05, 3.63) is 34.2 Å². The summed E-state index contributed by atoms with van der Waals surface area (Å²) in [4.78, 5) is 30.4. The molecule has 5 rings (SSSR count). The zero-order valence-electron chi connectivity index (χ0n) is 19.6. The van der Waals surface area contributed by atoms with Crippen molar-refractivity contribution in [2.75, 3.05) is 12.4 Å². The summed E-state index contributed by atoms with van der Waals surface area (Å²) in [6, 6.07) is 3.81. The van der Waals surface area contributed by atoms with Crippen molar-refractivity contribution >= 4 is 66.8 Å². The number of hydrogen-bond acceptors (Lipinski definition) is 5. The lowest BCUT2D eigenvalue weighted by Gasteiger charge is -2.20. The van der Waals surface area contributed by atoms with Gasteiger partial charge < -0.3 is 15.2 Å². The van der Waals surface area contributed by atoms with E-state index in [-0.39, 0.29) is 11.4 Å². The maximum atomic E-state index is 12.9. The third-order valence-electron chi connectivity index (χ3n) is 5.81. The Morgan fingerprint density at radius 3 is 2.53 bits per heavy atom. The van der Waals surface area contributed by atoms with Gasteiger partial charge in [-0.25, -0.2) is 13.8 Å². The standard InChI is InChI=1S/C23H23BrN6O4/c1-10-12(33-6)8-7-11-15(10)30-16-13(18(24)26-21-17(16)29(11)9-28(21)5)14(19(25)31)20(30)27-22(32)34-23(2,3)4/h7-9H,1-6H3,(H2-,25,27,31,32)/p+1. The molecule has 0 aliphatic carbocycles. The number of aromatic nitrogens is 4. The number of methoxy groups -OCH3 is 1. The van der Waals surface area contributed by atoms with Crippen LogP contribution in [0, 0.1) is 6.92 Å². The molecule has 34 heavy (non-hydrogen) atoms. The number of aryl methyl sites for hydroxylation is 2. The fourth-order valence-electron chi connectivity index (χ4n) is 4.59. The fraction of sp³-hybridized carbons (Fsp3) is 0.304. The number of benzene rings is 1. The zero-order valence-corrected chi connectivity index (χ0v) is 21.2. The fourth-order valence-corrected chi connectivity index (χ4v) is 5.14. The van der Waals surface area contributed by atoms with Gasteiger partial charge in [0.25, 0.3) is 5.91 Å². The number of fused-ring (bicyclic) bond motifs is 3. The smallest absolute Gasteiger partial charge is 0.413 e. The molecule has 11 heteroatoms. The molecule has 4 aromatic heterocycles. The van der Waals surface area contributed by atoms with Crippen LogP contribution in [0.5, 0.6) is 5.75 Å². The van der Waals surface area contributed by atoms with Crippen LogP contribution in [-0.2, 0) is 11.8 Å². The van der Waals surface area contributed by atoms with Gasteiger partial charge in [-0.15, -0.1) is 0 Å². The third kappa shape index (κ3) is 2.99. The number of anilines is 1. The van der Waals surface area contributed by atoms with Gasteiger partial charge in [-0.1, -0.05) is 4.98 Å². The molecule has 0 saturated carbocycles. The summed E-state index contributed by atoms with van der Waals surface area (Å²) in [5.74, 6) is 0.163. The molecule has 176 valence electrons. The molecule has 4 heterocycles. The van der Waals surface area contributed by atoms with Crippen LogP contribution in [0.25, 0.3) is 33.1 Å². The van der Waals surface area contributed by atoms with E-state index in [4.69, 9.17) is 20.2 Å². The van der Waals surface area contributed by atoms with E-state index in [1.54, 1.807) is 27.9 Å². The Morgan fingerprint density at radius 1 is 1.21 bits per heavy atom. The summed E-state index contributed by atoms with van der Waals surface area (Å²) >= 11 is 3.53. The van der Waals surface area contributed by atoms with Crippen LogP contribution in [0.4, 0.5) is 10.6 Å². The molecule has 10 nitrogen and oxygen atoms in total. The predicted molar refractivity (Wildman–Crippen MR) is 131 cm³/mol. The molecule has 0 atom stereocenters. The lowest BCUT2D eigenvalue weighted by Crippen LogP contribution is -2.28. The van der Waals surface area contributed by atoms with E-state index in [0.717, 1.165) is 22.1 Å². The molecule has 0 aliphatic heterocycles. The largest absolute Gasteiger partial charge is 0.496 e. The minimum atomic E-state index is -0.736. The normalized spacial score (nSPS) is 12.3. The molecule has 1 aromatic carbocycles. The van der Waals surface area contributed by atoms with Crippen molar-refractivity contribution in [3.63, 3.8) is 0 Å². The Labute approximate surface area is 202 Å². The molecule has 3 N–H and O–H groups in total. The Bertz CT molecular complexity index is 1660. The molecule has 0 fully saturated rings. The van der Waals surface area contributed by atoms with Crippen molar-refractivity contribution in [1.29, 1.82) is 0 Å². The molecule has 0 saturated heterocycles. The zero-order chi connectivity index (χ0) is 24.7. The third-order valence-corrected chi connectivity index (χ3v) is 6.38. The number of pyridine rings is 1. The van der Waals surface area contributed by atoms with E-state index in [0.29, 0.717) is 26.9 Å². The minimum absolute atomic E-state index is 0.132. The molecule has 5 aromatic rings. The van der Waals surface area contributed by atoms with Crippen LogP contribution in [0.15, 0.2) is 23.1 Å². The van der Waals surface area contributed by atoms with Gasteiger partial charge in [0, 0.05) is 5.56 Å². The number of nitrogens with one attached hydrogen (secondary N) is 1. The van der Waals surface area contributed by atoms with Crippen LogP contribution in [0.3, 0.4) is 0 Å². The minimum Gasteiger partial charge on any atom is -0.496 e. The van der Waals surface area contributed by atoms with Crippen LogP contribution in [-0.4, -0.2) is 38.5 Å². The topological polar surface area (TPSA) is 116 Å². The molecule has 0 spiro atoms. The Morgan fingerprint density at radius 2 is 1.91 bits per heavy atom. The van der Waals surface area contributed by atoms with E-state index in [9.17, 15) is 9.59 Å². The molecule has 0 radical (unpaired) electrons. The predicted octanol–water partition coefficient (Wildman–Crippen LogP) is 3.68. The first-order valence-electron chi connectivity index (χ1n) is 10.6. The number of ether oxygens (including phenoxy) is 2. The maximum absolute atomic E-state index is 12.9. The summed E-state index contributed by atoms with van der Waals surface area (Å²) < 4.78 is 17.3. The lowest BCUT2D eigenvalue weighted by atomic mass is 10.1. The second kappa shape index (κ2) is 7.20. The average Bonchev–Trinajstić information content (AvgIpc) is 3.22. The summed E-state index contributed by atoms with van der Waals surface area (Å²) in [5.41, 5.74) is 9.81. The molecule has 0 aliphatic rings.